The number of hydrogen-bond acceptors (Lipinski definition) is 7. The lowest BCUT2D eigenvalue weighted by Gasteiger charge is -2.39. The molecule has 0 unspecified atom stereocenters. The van der Waals surface area contributed by atoms with Crippen LogP contribution < -0.4 is 19.6 Å². The monoisotopic (exact) mass is 449 g/mol. The van der Waals surface area contributed by atoms with Crippen LogP contribution in [0.15, 0.2) is 24.5 Å². The van der Waals surface area contributed by atoms with Crippen LogP contribution in [0.3, 0.4) is 0 Å². The largest absolute Gasteiger partial charge is 0.376 e. The van der Waals surface area contributed by atoms with Crippen molar-refractivity contribution in [2.75, 3.05) is 60.9 Å². The molecular formula is C26H39N7. The van der Waals surface area contributed by atoms with E-state index in [9.17, 15) is 0 Å². The van der Waals surface area contributed by atoms with Crippen molar-refractivity contribution < 1.29 is 0 Å². The van der Waals surface area contributed by atoms with Crippen molar-refractivity contribution in [2.24, 2.45) is 0 Å². The second-order valence-electron chi connectivity index (χ2n) is 9.85. The number of likely N-dealkylation sites (N-methyl/N-ethyl adjacent to an activating group) is 1. The normalized spacial score (nSPS) is 15.1. The van der Waals surface area contributed by atoms with Crippen LogP contribution in [0, 0.1) is 11.3 Å². The molecule has 0 N–H and O–H groups in total. The smallest absolute Gasteiger partial charge is 0.142 e. The number of fused-ring (bicyclic) bond motifs is 1. The maximum atomic E-state index is 8.86. The number of nitrogens with zero attached hydrogens (tertiary/aromatic N) is 7. The summed E-state index contributed by atoms with van der Waals surface area (Å²) in [5.41, 5.74) is 6.47. The number of aromatic nitrogens is 2. The molecule has 0 amide bonds. The standard InChI is InChI=1S/C14H23N3.C12H16N4/c1-10(2)17(5)14-9-15-12(11-6-7-11)8-13(14)16(3)4;1-9(2)16-5-4-15(3)11-6-10(7-13)14-8-12(11)16/h8-11H,6-7H2,1-5H3;6,8-9H,4-5H2,1-3H3. The summed E-state index contributed by atoms with van der Waals surface area (Å²) in [7, 11) is 8.39. The van der Waals surface area contributed by atoms with Gasteiger partial charge in [0.15, 0.2) is 0 Å². The average Bonchev–Trinajstić information content (AvgIpc) is 3.64. The quantitative estimate of drug-likeness (QED) is 0.666. The van der Waals surface area contributed by atoms with Crippen LogP contribution in [-0.2, 0) is 0 Å². The van der Waals surface area contributed by atoms with Gasteiger partial charge in [0.05, 0.1) is 35.1 Å². The molecule has 1 fully saturated rings. The van der Waals surface area contributed by atoms with Crippen LogP contribution >= 0.6 is 0 Å². The summed E-state index contributed by atoms with van der Waals surface area (Å²) in [6.45, 7) is 10.7. The lowest BCUT2D eigenvalue weighted by Crippen LogP contribution is -2.42. The zero-order valence-electron chi connectivity index (χ0n) is 21.5. The SMILES string of the molecule is CC(C)N(C)c1cnc(C2CC2)cc1N(C)C.CC(C)N1CCN(C)c2cc(C#N)ncc21. The van der Waals surface area contributed by atoms with Crippen molar-refractivity contribution in [2.45, 2.75) is 58.5 Å². The Balaban J connectivity index is 0.000000186. The number of hydrogen-bond donors (Lipinski definition) is 0. The molecule has 0 radical (unpaired) electrons. The molecule has 1 saturated carbocycles. The number of nitriles is 1. The van der Waals surface area contributed by atoms with Gasteiger partial charge in [0.1, 0.15) is 11.8 Å². The molecule has 2 aromatic heterocycles. The van der Waals surface area contributed by atoms with E-state index in [2.05, 4.69) is 97.6 Å². The average molecular weight is 450 g/mol. The molecule has 1 aliphatic heterocycles. The summed E-state index contributed by atoms with van der Waals surface area (Å²) in [5, 5.41) is 8.86. The fraction of sp³-hybridized carbons (Fsp3) is 0.577. The highest BCUT2D eigenvalue weighted by Crippen LogP contribution is 2.41. The van der Waals surface area contributed by atoms with Gasteiger partial charge in [-0.3, -0.25) is 4.98 Å². The Labute approximate surface area is 199 Å². The van der Waals surface area contributed by atoms with Crippen molar-refractivity contribution in [3.63, 3.8) is 0 Å². The van der Waals surface area contributed by atoms with Crippen LogP contribution in [0.1, 0.15) is 57.8 Å². The van der Waals surface area contributed by atoms with E-state index in [1.165, 1.54) is 29.9 Å². The van der Waals surface area contributed by atoms with Crippen molar-refractivity contribution in [1.82, 2.24) is 9.97 Å². The summed E-state index contributed by atoms with van der Waals surface area (Å²) < 4.78 is 0. The molecule has 7 heteroatoms. The molecule has 33 heavy (non-hydrogen) atoms. The summed E-state index contributed by atoms with van der Waals surface area (Å²) in [5.74, 6) is 0.715. The van der Waals surface area contributed by atoms with E-state index < -0.39 is 0 Å². The van der Waals surface area contributed by atoms with Crippen molar-refractivity contribution in [3.8, 4) is 6.07 Å². The van der Waals surface area contributed by atoms with Crippen molar-refractivity contribution >= 4 is 22.7 Å². The predicted octanol–water partition coefficient (Wildman–Crippen LogP) is 4.49. The summed E-state index contributed by atoms with van der Waals surface area (Å²) in [6, 6.07) is 7.15. The molecule has 4 rings (SSSR count). The van der Waals surface area contributed by atoms with E-state index in [4.69, 9.17) is 5.26 Å². The molecule has 2 aromatic rings. The molecule has 1 aliphatic carbocycles. The van der Waals surface area contributed by atoms with Gasteiger partial charge in [-0.25, -0.2) is 4.98 Å². The Morgan fingerprint density at radius 2 is 1.67 bits per heavy atom. The Morgan fingerprint density at radius 1 is 0.970 bits per heavy atom. The Kier molecular flexibility index (Phi) is 7.68. The second kappa shape index (κ2) is 10.3. The molecule has 0 spiro atoms. The summed E-state index contributed by atoms with van der Waals surface area (Å²) in [6.07, 6.45) is 6.45. The molecule has 2 aliphatic rings. The van der Waals surface area contributed by atoms with Crippen LogP contribution in [0.2, 0.25) is 0 Å². The van der Waals surface area contributed by atoms with Crippen LogP contribution in [-0.4, -0.2) is 63.3 Å². The minimum Gasteiger partial charge on any atom is -0.376 e. The topological polar surface area (TPSA) is 62.5 Å². The van der Waals surface area contributed by atoms with Gasteiger partial charge >= 0.3 is 0 Å². The molecule has 3 heterocycles. The molecular weight excluding hydrogens is 410 g/mol. The second-order valence-corrected chi connectivity index (χ2v) is 9.85. The minimum atomic E-state index is 0.460. The first-order valence-corrected chi connectivity index (χ1v) is 11.9. The fourth-order valence-corrected chi connectivity index (χ4v) is 4.02. The third kappa shape index (κ3) is 5.68. The van der Waals surface area contributed by atoms with E-state index in [0.29, 0.717) is 23.7 Å². The van der Waals surface area contributed by atoms with Gasteiger partial charge in [0.25, 0.3) is 0 Å². The maximum Gasteiger partial charge on any atom is 0.142 e. The first-order chi connectivity index (χ1) is 15.6. The summed E-state index contributed by atoms with van der Waals surface area (Å²) in [4.78, 5) is 17.7. The van der Waals surface area contributed by atoms with Gasteiger partial charge in [-0.05, 0) is 46.6 Å². The van der Waals surface area contributed by atoms with E-state index in [1.54, 1.807) is 0 Å². The van der Waals surface area contributed by atoms with Gasteiger partial charge in [-0.2, -0.15) is 5.26 Å². The molecule has 0 aromatic carbocycles. The highest BCUT2D eigenvalue weighted by atomic mass is 15.3. The number of anilines is 4. The van der Waals surface area contributed by atoms with E-state index in [0.717, 1.165) is 24.5 Å². The fourth-order valence-electron chi connectivity index (χ4n) is 4.02. The highest BCUT2D eigenvalue weighted by Gasteiger charge is 2.26. The van der Waals surface area contributed by atoms with Gasteiger partial charge in [0.2, 0.25) is 0 Å². The van der Waals surface area contributed by atoms with Gasteiger partial charge in [-0.15, -0.1) is 0 Å². The van der Waals surface area contributed by atoms with Gasteiger partial charge in [-0.1, -0.05) is 0 Å². The highest BCUT2D eigenvalue weighted by molar-refractivity contribution is 5.73. The number of pyridine rings is 2. The predicted molar refractivity (Wildman–Crippen MR) is 139 cm³/mol. The Morgan fingerprint density at radius 3 is 2.21 bits per heavy atom. The van der Waals surface area contributed by atoms with Gasteiger partial charge < -0.3 is 19.6 Å². The Hall–Kier alpha value is -3.01. The summed E-state index contributed by atoms with van der Waals surface area (Å²) >= 11 is 0. The minimum absolute atomic E-state index is 0.460. The van der Waals surface area contributed by atoms with E-state index in [1.807, 2.05) is 18.5 Å². The zero-order chi connectivity index (χ0) is 24.3. The molecule has 0 atom stereocenters. The molecule has 7 nitrogen and oxygen atoms in total. The molecule has 0 bridgehead atoms. The number of rotatable bonds is 5. The zero-order valence-corrected chi connectivity index (χ0v) is 21.5. The van der Waals surface area contributed by atoms with E-state index >= 15 is 0 Å². The van der Waals surface area contributed by atoms with Crippen molar-refractivity contribution in [3.05, 3.63) is 35.9 Å². The van der Waals surface area contributed by atoms with E-state index in [-0.39, 0.29) is 0 Å². The Bertz CT molecular complexity index is 989. The van der Waals surface area contributed by atoms with Crippen LogP contribution in [0.25, 0.3) is 0 Å². The van der Waals surface area contributed by atoms with Crippen LogP contribution in [0.5, 0.6) is 0 Å². The first-order valence-electron chi connectivity index (χ1n) is 11.9. The maximum absolute atomic E-state index is 8.86. The lowest BCUT2D eigenvalue weighted by atomic mass is 10.1. The third-order valence-electron chi connectivity index (χ3n) is 6.51. The molecule has 0 saturated heterocycles. The molecule has 178 valence electrons. The van der Waals surface area contributed by atoms with Gasteiger partial charge in [0, 0.05) is 71.0 Å². The van der Waals surface area contributed by atoms with Crippen molar-refractivity contribution in [1.29, 1.82) is 5.26 Å². The van der Waals surface area contributed by atoms with Crippen LogP contribution in [0.4, 0.5) is 22.7 Å². The third-order valence-corrected chi connectivity index (χ3v) is 6.51. The lowest BCUT2D eigenvalue weighted by molar-refractivity contribution is 0.653. The first kappa shape index (κ1) is 24.6.